The van der Waals surface area contributed by atoms with Crippen LogP contribution in [0.15, 0.2) is 88.4 Å². The molecule has 0 fully saturated rings. The van der Waals surface area contributed by atoms with Crippen molar-refractivity contribution in [1.82, 2.24) is 9.97 Å². The van der Waals surface area contributed by atoms with Gasteiger partial charge in [-0.05, 0) is 60.7 Å². The zero-order chi connectivity index (χ0) is 22.3. The van der Waals surface area contributed by atoms with Crippen LogP contribution in [0.1, 0.15) is 0 Å². The summed E-state index contributed by atoms with van der Waals surface area (Å²) >= 11 is 5.86. The molecule has 0 radical (unpaired) electrons. The van der Waals surface area contributed by atoms with Crippen LogP contribution in [0.3, 0.4) is 0 Å². The Kier molecular flexibility index (Phi) is 4.96. The Morgan fingerprint density at radius 2 is 1.66 bits per heavy atom. The quantitative estimate of drug-likeness (QED) is 0.333. The van der Waals surface area contributed by atoms with Crippen LogP contribution in [0.25, 0.3) is 22.1 Å². The van der Waals surface area contributed by atoms with E-state index in [0.29, 0.717) is 33.1 Å². The number of hydrogen-bond acceptors (Lipinski definition) is 6. The molecule has 32 heavy (non-hydrogen) atoms. The molecule has 7 nitrogen and oxygen atoms in total. The second-order valence-electron chi connectivity index (χ2n) is 6.98. The molecule has 5 rings (SSSR count). The molecular formula is C23H16ClN3O4S. The summed E-state index contributed by atoms with van der Waals surface area (Å²) in [6, 6.07) is 20.2. The highest BCUT2D eigenvalue weighted by atomic mass is 35.5. The predicted molar refractivity (Wildman–Crippen MR) is 123 cm³/mol. The second-order valence-corrected chi connectivity index (χ2v) is 9.38. The van der Waals surface area contributed by atoms with Crippen LogP contribution in [0.4, 0.5) is 5.69 Å². The third-order valence-electron chi connectivity index (χ3n) is 5.01. The Bertz CT molecular complexity index is 1530. The molecule has 0 aliphatic heterocycles. The third kappa shape index (κ3) is 3.53. The van der Waals surface area contributed by atoms with Crippen LogP contribution in [0.2, 0.25) is 5.02 Å². The van der Waals surface area contributed by atoms with Crippen molar-refractivity contribution in [2.75, 3.05) is 11.4 Å². The van der Waals surface area contributed by atoms with E-state index < -0.39 is 10.0 Å². The van der Waals surface area contributed by atoms with Crippen LogP contribution in [0, 0.1) is 0 Å². The lowest BCUT2D eigenvalue weighted by molar-refractivity contribution is 0.456. The number of halogens is 1. The second kappa shape index (κ2) is 7.81. The molecule has 0 amide bonds. The minimum absolute atomic E-state index is 0.151. The van der Waals surface area contributed by atoms with Gasteiger partial charge in [-0.2, -0.15) is 4.98 Å². The summed E-state index contributed by atoms with van der Waals surface area (Å²) in [5.41, 5.74) is 2.28. The molecule has 0 unspecified atom stereocenters. The van der Waals surface area contributed by atoms with Crippen molar-refractivity contribution in [2.45, 2.75) is 4.90 Å². The molecule has 0 saturated carbocycles. The van der Waals surface area contributed by atoms with Crippen LogP contribution in [-0.2, 0) is 10.0 Å². The van der Waals surface area contributed by atoms with Crippen molar-refractivity contribution in [3.63, 3.8) is 0 Å². The number of benzene rings is 3. The van der Waals surface area contributed by atoms with Crippen LogP contribution in [0.5, 0.6) is 11.6 Å². The number of anilines is 1. The summed E-state index contributed by atoms with van der Waals surface area (Å²) in [6.07, 6.45) is 1.42. The van der Waals surface area contributed by atoms with Gasteiger partial charge in [-0.15, -0.1) is 0 Å². The van der Waals surface area contributed by atoms with Crippen LogP contribution >= 0.6 is 11.6 Å². The molecule has 0 saturated heterocycles. The molecule has 160 valence electrons. The number of hydrogen-bond donors (Lipinski definition) is 0. The first-order chi connectivity index (χ1) is 15.4. The number of aromatic nitrogens is 2. The summed E-state index contributed by atoms with van der Waals surface area (Å²) in [5, 5.41) is 1.34. The molecule has 0 N–H and O–H groups in total. The molecule has 5 aromatic rings. The smallest absolute Gasteiger partial charge is 0.267 e. The molecule has 0 aliphatic carbocycles. The van der Waals surface area contributed by atoms with Gasteiger partial charge >= 0.3 is 0 Å². The Morgan fingerprint density at radius 1 is 0.938 bits per heavy atom. The van der Waals surface area contributed by atoms with E-state index in [1.54, 1.807) is 36.4 Å². The Labute approximate surface area is 188 Å². The summed E-state index contributed by atoms with van der Waals surface area (Å²) in [7, 11) is -2.24. The van der Waals surface area contributed by atoms with Crippen molar-refractivity contribution in [3.8, 4) is 11.6 Å². The fraction of sp³-hybridized carbons (Fsp3) is 0.0435. The Morgan fingerprint density at radius 3 is 2.41 bits per heavy atom. The van der Waals surface area contributed by atoms with E-state index in [0.717, 1.165) is 5.39 Å². The molecule has 3 aromatic carbocycles. The van der Waals surface area contributed by atoms with Gasteiger partial charge in [-0.3, -0.25) is 4.31 Å². The van der Waals surface area contributed by atoms with Gasteiger partial charge in [0.25, 0.3) is 15.9 Å². The van der Waals surface area contributed by atoms with Gasteiger partial charge in [0.05, 0.1) is 10.6 Å². The first-order valence-corrected chi connectivity index (χ1v) is 11.4. The number of nitrogens with zero attached hydrogens (tertiary/aromatic N) is 3. The topological polar surface area (TPSA) is 85.5 Å². The minimum Gasteiger partial charge on any atom is -0.449 e. The van der Waals surface area contributed by atoms with E-state index in [1.807, 2.05) is 24.3 Å². The van der Waals surface area contributed by atoms with Gasteiger partial charge in [-0.25, -0.2) is 13.4 Å². The lowest BCUT2D eigenvalue weighted by Gasteiger charge is -2.19. The lowest BCUT2D eigenvalue weighted by Crippen LogP contribution is -2.26. The first-order valence-electron chi connectivity index (χ1n) is 9.58. The summed E-state index contributed by atoms with van der Waals surface area (Å²) in [4.78, 5) is 8.65. The first kappa shape index (κ1) is 20.3. The highest BCUT2D eigenvalue weighted by molar-refractivity contribution is 7.92. The summed E-state index contributed by atoms with van der Waals surface area (Å²) in [5.74, 6) is 0.757. The fourth-order valence-electron chi connectivity index (χ4n) is 3.31. The summed E-state index contributed by atoms with van der Waals surface area (Å²) < 4.78 is 38.7. The zero-order valence-corrected chi connectivity index (χ0v) is 18.3. The van der Waals surface area contributed by atoms with Gasteiger partial charge in [0.1, 0.15) is 23.2 Å². The summed E-state index contributed by atoms with van der Waals surface area (Å²) in [6.45, 7) is 0. The van der Waals surface area contributed by atoms with Crippen molar-refractivity contribution in [1.29, 1.82) is 0 Å². The molecular weight excluding hydrogens is 450 g/mol. The predicted octanol–water partition coefficient (Wildman–Crippen LogP) is 5.65. The minimum atomic E-state index is -3.73. The normalized spacial score (nSPS) is 11.7. The number of fused-ring (bicyclic) bond motifs is 3. The molecule has 0 atom stereocenters. The highest BCUT2D eigenvalue weighted by Crippen LogP contribution is 2.34. The molecule has 0 aliphatic rings. The van der Waals surface area contributed by atoms with E-state index in [9.17, 15) is 8.42 Å². The monoisotopic (exact) mass is 465 g/mol. The lowest BCUT2D eigenvalue weighted by atomic mass is 10.2. The standard InChI is InChI=1S/C23H16ClN3O4S/c1-27(32(28,29)18-12-6-15(24)7-13-18)16-8-10-17(11-9-16)30-23-22-21(25-14-26-23)19-4-2-3-5-20(19)31-22/h2-14H,1H3. The number of ether oxygens (including phenoxy) is 1. The average molecular weight is 466 g/mol. The van der Waals surface area contributed by atoms with Gasteiger partial charge < -0.3 is 9.15 Å². The van der Waals surface area contributed by atoms with E-state index in [2.05, 4.69) is 9.97 Å². The number of sulfonamides is 1. The molecule has 2 aromatic heterocycles. The maximum atomic E-state index is 12.9. The van der Waals surface area contributed by atoms with Crippen LogP contribution in [-0.4, -0.2) is 25.4 Å². The molecule has 0 spiro atoms. The van der Waals surface area contributed by atoms with Gasteiger partial charge in [0.15, 0.2) is 0 Å². The van der Waals surface area contributed by atoms with E-state index in [-0.39, 0.29) is 10.8 Å². The van der Waals surface area contributed by atoms with Gasteiger partial charge in [-0.1, -0.05) is 23.7 Å². The average Bonchev–Trinajstić information content (AvgIpc) is 3.19. The van der Waals surface area contributed by atoms with Gasteiger partial charge in [0.2, 0.25) is 5.58 Å². The van der Waals surface area contributed by atoms with E-state index in [4.69, 9.17) is 20.8 Å². The number of para-hydroxylation sites is 1. The number of furan rings is 1. The Hall–Kier alpha value is -3.62. The number of rotatable bonds is 5. The van der Waals surface area contributed by atoms with Gasteiger partial charge in [0, 0.05) is 17.5 Å². The van der Waals surface area contributed by atoms with Crippen molar-refractivity contribution >= 4 is 49.4 Å². The van der Waals surface area contributed by atoms with E-state index >= 15 is 0 Å². The third-order valence-corrected chi connectivity index (χ3v) is 7.06. The molecule has 0 bridgehead atoms. The Balaban J connectivity index is 1.42. The molecule has 2 heterocycles. The SMILES string of the molecule is CN(c1ccc(Oc2ncnc3c2oc2ccccc23)cc1)S(=O)(=O)c1ccc(Cl)cc1. The van der Waals surface area contributed by atoms with Crippen molar-refractivity contribution < 1.29 is 17.6 Å². The maximum Gasteiger partial charge on any atom is 0.267 e. The van der Waals surface area contributed by atoms with Crippen molar-refractivity contribution in [3.05, 3.63) is 84.1 Å². The maximum absolute atomic E-state index is 12.9. The molecule has 9 heteroatoms. The largest absolute Gasteiger partial charge is 0.449 e. The fourth-order valence-corrected chi connectivity index (χ4v) is 4.64. The van der Waals surface area contributed by atoms with Crippen molar-refractivity contribution in [2.24, 2.45) is 0 Å². The van der Waals surface area contributed by atoms with E-state index in [1.165, 1.54) is 29.8 Å². The highest BCUT2D eigenvalue weighted by Gasteiger charge is 2.21. The zero-order valence-electron chi connectivity index (χ0n) is 16.8. The van der Waals surface area contributed by atoms with Crippen LogP contribution < -0.4 is 9.04 Å².